The summed E-state index contributed by atoms with van der Waals surface area (Å²) in [5, 5.41) is 11.7. The standard InChI is InChI=1S/C17H14FN3O3/c1-19-14-3-2-11(7-13(14)18)24-12-4-5-20-16(8-12)15-6-10(9-21-15)17(22)23/h2-9,19,21H,1H3,(H,22,23). The number of aromatic amines is 1. The molecule has 1 aromatic carbocycles. The second kappa shape index (κ2) is 6.41. The number of pyridine rings is 1. The number of anilines is 1. The van der Waals surface area contributed by atoms with Crippen LogP contribution in [-0.2, 0) is 0 Å². The molecule has 3 rings (SSSR count). The highest BCUT2D eigenvalue weighted by molar-refractivity contribution is 5.89. The van der Waals surface area contributed by atoms with Gasteiger partial charge in [0.1, 0.15) is 17.3 Å². The summed E-state index contributed by atoms with van der Waals surface area (Å²) >= 11 is 0. The minimum atomic E-state index is -1.02. The molecule has 3 N–H and O–H groups in total. The van der Waals surface area contributed by atoms with Crippen molar-refractivity contribution in [3.05, 3.63) is 60.2 Å². The lowest BCUT2D eigenvalue weighted by molar-refractivity contribution is 0.0697. The zero-order chi connectivity index (χ0) is 17.1. The van der Waals surface area contributed by atoms with Gasteiger partial charge in [-0.1, -0.05) is 0 Å². The molecular formula is C17H14FN3O3. The van der Waals surface area contributed by atoms with E-state index in [4.69, 9.17) is 9.84 Å². The predicted octanol–water partition coefficient (Wildman–Crippen LogP) is 3.75. The van der Waals surface area contributed by atoms with Crippen molar-refractivity contribution in [2.24, 2.45) is 0 Å². The molecule has 0 aliphatic rings. The van der Waals surface area contributed by atoms with Crippen LogP contribution in [0.2, 0.25) is 0 Å². The fourth-order valence-corrected chi connectivity index (χ4v) is 2.19. The van der Waals surface area contributed by atoms with Crippen molar-refractivity contribution in [2.75, 3.05) is 12.4 Å². The number of carbonyl (C=O) groups is 1. The number of halogens is 1. The van der Waals surface area contributed by atoms with Gasteiger partial charge in [-0.25, -0.2) is 9.18 Å². The van der Waals surface area contributed by atoms with Crippen molar-refractivity contribution in [1.82, 2.24) is 9.97 Å². The molecule has 2 aromatic heterocycles. The van der Waals surface area contributed by atoms with Crippen LogP contribution in [0.3, 0.4) is 0 Å². The van der Waals surface area contributed by atoms with Crippen LogP contribution in [0.4, 0.5) is 10.1 Å². The Morgan fingerprint density at radius 2 is 2.04 bits per heavy atom. The van der Waals surface area contributed by atoms with E-state index in [0.29, 0.717) is 28.6 Å². The van der Waals surface area contributed by atoms with E-state index in [2.05, 4.69) is 15.3 Å². The highest BCUT2D eigenvalue weighted by atomic mass is 19.1. The minimum Gasteiger partial charge on any atom is -0.478 e. The first-order valence-electron chi connectivity index (χ1n) is 7.10. The quantitative estimate of drug-likeness (QED) is 0.664. The third kappa shape index (κ3) is 3.19. The van der Waals surface area contributed by atoms with Crippen LogP contribution in [0.5, 0.6) is 11.5 Å². The summed E-state index contributed by atoms with van der Waals surface area (Å²) in [7, 11) is 1.63. The maximum Gasteiger partial charge on any atom is 0.337 e. The Balaban J connectivity index is 1.85. The van der Waals surface area contributed by atoms with E-state index in [1.54, 1.807) is 31.3 Å². The van der Waals surface area contributed by atoms with E-state index >= 15 is 0 Å². The fraction of sp³-hybridized carbons (Fsp3) is 0.0588. The summed E-state index contributed by atoms with van der Waals surface area (Å²) in [6, 6.07) is 9.26. The van der Waals surface area contributed by atoms with E-state index in [1.165, 1.54) is 24.5 Å². The van der Waals surface area contributed by atoms with Crippen LogP contribution in [0, 0.1) is 5.82 Å². The molecule has 0 unspecified atom stereocenters. The third-order valence-corrected chi connectivity index (χ3v) is 3.38. The van der Waals surface area contributed by atoms with Crippen molar-refractivity contribution in [1.29, 1.82) is 0 Å². The summed E-state index contributed by atoms with van der Waals surface area (Å²) in [5.74, 6) is -0.630. The molecule has 122 valence electrons. The Morgan fingerprint density at radius 1 is 1.25 bits per heavy atom. The summed E-state index contributed by atoms with van der Waals surface area (Å²) in [5.41, 5.74) is 1.59. The molecule has 0 aliphatic carbocycles. The molecule has 2 heterocycles. The molecule has 0 saturated carbocycles. The maximum atomic E-state index is 13.8. The molecule has 0 radical (unpaired) electrons. The van der Waals surface area contributed by atoms with Gasteiger partial charge in [0.25, 0.3) is 0 Å². The summed E-state index contributed by atoms with van der Waals surface area (Å²) in [6.45, 7) is 0. The van der Waals surface area contributed by atoms with Gasteiger partial charge in [-0.15, -0.1) is 0 Å². The third-order valence-electron chi connectivity index (χ3n) is 3.38. The molecule has 0 atom stereocenters. The van der Waals surface area contributed by atoms with Crippen LogP contribution >= 0.6 is 0 Å². The number of hydrogen-bond acceptors (Lipinski definition) is 4. The molecule has 0 saturated heterocycles. The molecule has 0 amide bonds. The predicted molar refractivity (Wildman–Crippen MR) is 87.0 cm³/mol. The highest BCUT2D eigenvalue weighted by Gasteiger charge is 2.10. The van der Waals surface area contributed by atoms with E-state index in [0.717, 1.165) is 0 Å². The highest BCUT2D eigenvalue weighted by Crippen LogP contribution is 2.27. The number of aromatic nitrogens is 2. The average molecular weight is 327 g/mol. The number of H-pyrrole nitrogens is 1. The zero-order valence-corrected chi connectivity index (χ0v) is 12.7. The summed E-state index contributed by atoms with van der Waals surface area (Å²) in [4.78, 5) is 18.0. The molecule has 0 bridgehead atoms. The van der Waals surface area contributed by atoms with Crippen molar-refractivity contribution >= 4 is 11.7 Å². The molecule has 3 aromatic rings. The molecule has 24 heavy (non-hydrogen) atoms. The van der Waals surface area contributed by atoms with Gasteiger partial charge in [0.2, 0.25) is 0 Å². The number of rotatable bonds is 5. The Kier molecular flexibility index (Phi) is 4.15. The molecule has 7 heteroatoms. The number of nitrogens with one attached hydrogen (secondary N) is 2. The monoisotopic (exact) mass is 327 g/mol. The fourth-order valence-electron chi connectivity index (χ4n) is 2.19. The SMILES string of the molecule is CNc1ccc(Oc2ccnc(-c3cc(C(=O)O)c[nH]3)c2)cc1F. The Bertz CT molecular complexity index is 892. The minimum absolute atomic E-state index is 0.142. The number of hydrogen-bond donors (Lipinski definition) is 3. The largest absolute Gasteiger partial charge is 0.478 e. The van der Waals surface area contributed by atoms with Gasteiger partial charge in [-0.3, -0.25) is 4.98 Å². The zero-order valence-electron chi connectivity index (χ0n) is 12.7. The first-order valence-corrected chi connectivity index (χ1v) is 7.10. The average Bonchev–Trinajstić information content (AvgIpc) is 3.06. The first kappa shape index (κ1) is 15.5. The van der Waals surface area contributed by atoms with Gasteiger partial charge in [0.15, 0.2) is 0 Å². The van der Waals surface area contributed by atoms with Crippen LogP contribution in [-0.4, -0.2) is 28.1 Å². The van der Waals surface area contributed by atoms with Crippen molar-refractivity contribution in [3.8, 4) is 22.9 Å². The van der Waals surface area contributed by atoms with Crippen molar-refractivity contribution in [3.63, 3.8) is 0 Å². The maximum absolute atomic E-state index is 13.8. The summed E-state index contributed by atoms with van der Waals surface area (Å²) in [6.07, 6.45) is 2.92. The lowest BCUT2D eigenvalue weighted by Gasteiger charge is -2.08. The molecular weight excluding hydrogens is 313 g/mol. The Morgan fingerprint density at radius 3 is 2.71 bits per heavy atom. The van der Waals surface area contributed by atoms with Crippen LogP contribution in [0.1, 0.15) is 10.4 Å². The number of nitrogens with zero attached hydrogens (tertiary/aromatic N) is 1. The normalized spacial score (nSPS) is 10.4. The van der Waals surface area contributed by atoms with E-state index in [1.807, 2.05) is 0 Å². The molecule has 0 aliphatic heterocycles. The van der Waals surface area contributed by atoms with Crippen molar-refractivity contribution in [2.45, 2.75) is 0 Å². The van der Waals surface area contributed by atoms with Crippen LogP contribution in [0.15, 0.2) is 48.8 Å². The lowest BCUT2D eigenvalue weighted by atomic mass is 10.2. The molecule has 0 fully saturated rings. The second-order valence-electron chi connectivity index (χ2n) is 4.98. The van der Waals surface area contributed by atoms with Gasteiger partial charge < -0.3 is 20.1 Å². The Hall–Kier alpha value is -3.35. The number of carboxylic acid groups (broad SMARTS) is 1. The van der Waals surface area contributed by atoms with Gasteiger partial charge >= 0.3 is 5.97 Å². The lowest BCUT2D eigenvalue weighted by Crippen LogP contribution is -1.93. The smallest absolute Gasteiger partial charge is 0.337 e. The second-order valence-corrected chi connectivity index (χ2v) is 4.98. The first-order chi connectivity index (χ1) is 11.6. The van der Waals surface area contributed by atoms with Gasteiger partial charge in [0, 0.05) is 31.6 Å². The number of benzene rings is 1. The number of aromatic carboxylic acids is 1. The van der Waals surface area contributed by atoms with Crippen molar-refractivity contribution < 1.29 is 19.0 Å². The van der Waals surface area contributed by atoms with E-state index in [-0.39, 0.29) is 5.56 Å². The van der Waals surface area contributed by atoms with Gasteiger partial charge in [-0.2, -0.15) is 0 Å². The van der Waals surface area contributed by atoms with Gasteiger partial charge in [0.05, 0.1) is 22.6 Å². The number of carboxylic acids is 1. The molecule has 6 nitrogen and oxygen atoms in total. The van der Waals surface area contributed by atoms with Gasteiger partial charge in [-0.05, 0) is 24.3 Å². The molecule has 0 spiro atoms. The van der Waals surface area contributed by atoms with E-state index in [9.17, 15) is 9.18 Å². The Labute approximate surface area is 136 Å². The van der Waals surface area contributed by atoms with Crippen LogP contribution < -0.4 is 10.1 Å². The van der Waals surface area contributed by atoms with E-state index < -0.39 is 11.8 Å². The summed E-state index contributed by atoms with van der Waals surface area (Å²) < 4.78 is 19.4. The van der Waals surface area contributed by atoms with Crippen LogP contribution in [0.25, 0.3) is 11.4 Å². The topological polar surface area (TPSA) is 87.2 Å². The number of ether oxygens (including phenoxy) is 1.